The van der Waals surface area contributed by atoms with Gasteiger partial charge in [0, 0.05) is 16.7 Å². The maximum atomic E-state index is 5.31. The van der Waals surface area contributed by atoms with Gasteiger partial charge in [-0.15, -0.1) is 9.61 Å². The monoisotopic (exact) mass is 329 g/mol. The quantitative estimate of drug-likeness (QED) is 0.398. The summed E-state index contributed by atoms with van der Waals surface area (Å²) < 4.78 is 17.5. The normalized spacial score (nSPS) is 11.0. The molecule has 0 aliphatic heterocycles. The van der Waals surface area contributed by atoms with Gasteiger partial charge in [0.15, 0.2) is 17.3 Å². The Balaban J connectivity index is 1.80. The van der Waals surface area contributed by atoms with Crippen molar-refractivity contribution in [2.24, 2.45) is 5.10 Å². The summed E-state index contributed by atoms with van der Waals surface area (Å²) in [5, 5.41) is 15.2. The van der Waals surface area contributed by atoms with E-state index < -0.39 is 0 Å². The van der Waals surface area contributed by atoms with E-state index in [-0.39, 0.29) is 0 Å². The predicted molar refractivity (Wildman–Crippen MR) is 86.9 cm³/mol. The van der Waals surface area contributed by atoms with Gasteiger partial charge in [-0.05, 0) is 18.2 Å². The molecule has 0 saturated carbocycles. The van der Waals surface area contributed by atoms with E-state index >= 15 is 0 Å². The van der Waals surface area contributed by atoms with Gasteiger partial charge in [-0.2, -0.15) is 5.10 Å². The third-order valence-corrected chi connectivity index (χ3v) is 3.28. The van der Waals surface area contributed by atoms with Crippen LogP contribution in [0.25, 0.3) is 5.65 Å². The predicted octanol–water partition coefficient (Wildman–Crippen LogP) is 1.02. The highest BCUT2D eigenvalue weighted by molar-refractivity contribution is 5.82. The van der Waals surface area contributed by atoms with Crippen LogP contribution in [0.4, 0.5) is 5.82 Å². The Morgan fingerprint density at radius 2 is 1.88 bits per heavy atom. The fourth-order valence-electron chi connectivity index (χ4n) is 2.17. The van der Waals surface area contributed by atoms with Crippen molar-refractivity contribution in [2.45, 2.75) is 0 Å². The number of rotatable bonds is 6. The molecule has 0 aliphatic carbocycles. The summed E-state index contributed by atoms with van der Waals surface area (Å²) in [6.45, 7) is 0. The third-order valence-electron chi connectivity index (χ3n) is 3.28. The van der Waals surface area contributed by atoms with Crippen LogP contribution < -0.4 is 24.2 Å². The molecule has 0 aliphatic rings. The van der Waals surface area contributed by atoms with Crippen LogP contribution in [-0.2, 0) is 0 Å². The molecular weight excluding hydrogens is 312 g/mol. The number of hydrogen-bond acceptors (Lipinski definition) is 7. The minimum atomic E-state index is 0.536. The summed E-state index contributed by atoms with van der Waals surface area (Å²) in [7, 11) is 4.69. The Bertz CT molecular complexity index is 852. The van der Waals surface area contributed by atoms with Crippen molar-refractivity contribution in [3.05, 3.63) is 36.2 Å². The lowest BCUT2D eigenvalue weighted by Gasteiger charge is -2.12. The average Bonchev–Trinajstić information content (AvgIpc) is 3.08. The number of hydrogen-bond donors (Lipinski definition) is 2. The fraction of sp³-hybridized carbons (Fsp3) is 0.200. The number of H-pyrrole nitrogens is 1. The van der Waals surface area contributed by atoms with Crippen LogP contribution in [0.5, 0.6) is 17.2 Å². The highest BCUT2D eigenvalue weighted by Gasteiger charge is 2.12. The first-order valence-electron chi connectivity index (χ1n) is 7.06. The van der Waals surface area contributed by atoms with E-state index in [1.54, 1.807) is 56.6 Å². The van der Waals surface area contributed by atoms with Crippen molar-refractivity contribution in [2.75, 3.05) is 26.8 Å². The molecule has 124 valence electrons. The first-order chi connectivity index (χ1) is 11.7. The van der Waals surface area contributed by atoms with Crippen LogP contribution in [0.3, 0.4) is 0 Å². The number of fused-ring (bicyclic) bond motifs is 1. The number of aromatic nitrogens is 4. The van der Waals surface area contributed by atoms with Crippen molar-refractivity contribution in [3.8, 4) is 17.2 Å². The lowest BCUT2D eigenvalue weighted by atomic mass is 10.2. The Morgan fingerprint density at radius 1 is 1.12 bits per heavy atom. The van der Waals surface area contributed by atoms with E-state index in [2.05, 4.69) is 25.8 Å². The summed E-state index contributed by atoms with van der Waals surface area (Å²) in [4.78, 5) is 0. The van der Waals surface area contributed by atoms with Gasteiger partial charge >= 0.3 is 5.65 Å². The van der Waals surface area contributed by atoms with Gasteiger partial charge in [0.05, 0.1) is 27.5 Å². The zero-order valence-corrected chi connectivity index (χ0v) is 13.5. The lowest BCUT2D eigenvalue weighted by Crippen LogP contribution is -2.24. The minimum Gasteiger partial charge on any atom is -0.493 e. The molecule has 0 atom stereocenters. The molecule has 2 N–H and O–H groups in total. The minimum absolute atomic E-state index is 0.536. The first kappa shape index (κ1) is 15.5. The van der Waals surface area contributed by atoms with Gasteiger partial charge in [-0.3, -0.25) is 5.43 Å². The summed E-state index contributed by atoms with van der Waals surface area (Å²) >= 11 is 0. The number of aromatic amines is 1. The standard InChI is InChI=1S/C15H16N6O3/c1-22-11-6-10(7-12(23-2)15(11)24-3)8-16-18-13-4-5-14-19-17-9-21(14)20-13/h4-9H,1-3H3,(H,18,20)/p+1/b16-8+. The molecule has 24 heavy (non-hydrogen) atoms. The van der Waals surface area contributed by atoms with E-state index in [0.29, 0.717) is 28.7 Å². The van der Waals surface area contributed by atoms with Crippen molar-refractivity contribution in [3.63, 3.8) is 0 Å². The first-order valence-corrected chi connectivity index (χ1v) is 7.06. The van der Waals surface area contributed by atoms with E-state index in [1.807, 2.05) is 6.07 Å². The number of methoxy groups -OCH3 is 3. The van der Waals surface area contributed by atoms with Crippen LogP contribution in [0.1, 0.15) is 5.56 Å². The Kier molecular flexibility index (Phi) is 4.41. The van der Waals surface area contributed by atoms with Gasteiger partial charge in [0.25, 0.3) is 0 Å². The maximum absolute atomic E-state index is 5.31. The van der Waals surface area contributed by atoms with Crippen LogP contribution in [0.2, 0.25) is 0 Å². The third kappa shape index (κ3) is 3.05. The van der Waals surface area contributed by atoms with E-state index in [1.165, 1.54) is 0 Å². The summed E-state index contributed by atoms with van der Waals surface area (Å²) in [5.74, 6) is 2.24. The molecule has 2 heterocycles. The summed E-state index contributed by atoms with van der Waals surface area (Å²) in [6, 6.07) is 7.20. The molecule has 2 aromatic heterocycles. The molecule has 3 rings (SSSR count). The van der Waals surface area contributed by atoms with Crippen molar-refractivity contribution in [1.82, 2.24) is 15.3 Å². The largest absolute Gasteiger partial charge is 0.493 e. The molecule has 0 spiro atoms. The highest BCUT2D eigenvalue weighted by Crippen LogP contribution is 2.37. The zero-order chi connectivity index (χ0) is 16.9. The van der Waals surface area contributed by atoms with Gasteiger partial charge in [-0.1, -0.05) is 5.10 Å². The highest BCUT2D eigenvalue weighted by atomic mass is 16.5. The van der Waals surface area contributed by atoms with Gasteiger partial charge in [0.1, 0.15) is 0 Å². The van der Waals surface area contributed by atoms with Crippen molar-refractivity contribution >= 4 is 17.7 Å². The molecule has 0 bridgehead atoms. The molecule has 0 saturated heterocycles. The number of hydrazone groups is 1. The number of anilines is 1. The topological polar surface area (TPSA) is 97.8 Å². The van der Waals surface area contributed by atoms with Crippen LogP contribution >= 0.6 is 0 Å². The van der Waals surface area contributed by atoms with Gasteiger partial charge < -0.3 is 14.2 Å². The second kappa shape index (κ2) is 6.82. The van der Waals surface area contributed by atoms with E-state index in [9.17, 15) is 0 Å². The molecule has 9 nitrogen and oxygen atoms in total. The number of nitrogens with zero attached hydrogens (tertiary/aromatic N) is 4. The number of benzene rings is 1. The fourth-order valence-corrected chi connectivity index (χ4v) is 2.17. The van der Waals surface area contributed by atoms with Crippen LogP contribution in [0.15, 0.2) is 35.7 Å². The van der Waals surface area contributed by atoms with E-state index in [0.717, 1.165) is 5.56 Å². The van der Waals surface area contributed by atoms with Gasteiger partial charge in [-0.25, -0.2) is 0 Å². The second-order valence-electron chi connectivity index (χ2n) is 4.72. The smallest absolute Gasteiger partial charge is 0.325 e. The van der Waals surface area contributed by atoms with Crippen molar-refractivity contribution < 1.29 is 18.7 Å². The molecule has 3 aromatic rings. The molecular formula is C15H17N6O3+. The average molecular weight is 329 g/mol. The number of nitrogens with one attached hydrogen (secondary N) is 2. The SMILES string of the molecule is COc1cc(/C=N/Nc2ccc3n[nH]c[n+]3n2)cc(OC)c1OC. The van der Waals surface area contributed by atoms with Crippen molar-refractivity contribution in [1.29, 1.82) is 0 Å². The Hall–Kier alpha value is -3.36. The van der Waals surface area contributed by atoms with Crippen LogP contribution in [-0.4, -0.2) is 42.8 Å². The Labute approximate surface area is 137 Å². The molecule has 9 heteroatoms. The number of ether oxygens (including phenoxy) is 3. The maximum Gasteiger partial charge on any atom is 0.325 e. The Morgan fingerprint density at radius 3 is 2.54 bits per heavy atom. The summed E-state index contributed by atoms with van der Waals surface area (Å²) in [6.07, 6.45) is 3.28. The van der Waals surface area contributed by atoms with Crippen LogP contribution in [0, 0.1) is 0 Å². The lowest BCUT2D eigenvalue weighted by molar-refractivity contribution is -0.579. The molecule has 0 amide bonds. The molecule has 1 aromatic carbocycles. The summed E-state index contributed by atoms with van der Waals surface area (Å²) in [5.41, 5.74) is 4.36. The molecule has 0 unspecified atom stereocenters. The van der Waals surface area contributed by atoms with Gasteiger partial charge in [0.2, 0.25) is 12.1 Å². The zero-order valence-electron chi connectivity index (χ0n) is 13.5. The molecule has 0 fully saturated rings. The second-order valence-corrected chi connectivity index (χ2v) is 4.72. The molecule has 0 radical (unpaired) electrons. The van der Waals surface area contributed by atoms with E-state index in [4.69, 9.17) is 14.2 Å².